The Morgan fingerprint density at radius 2 is 2.05 bits per heavy atom. The fourth-order valence-electron chi connectivity index (χ4n) is 4.59. The Balaban J connectivity index is 1.70. The van der Waals surface area contributed by atoms with E-state index in [4.69, 9.17) is 0 Å². The minimum absolute atomic E-state index is 0.00607. The second-order valence-corrected chi connectivity index (χ2v) is 7.22. The minimum Gasteiger partial charge on any atom is -0.481 e. The van der Waals surface area contributed by atoms with Gasteiger partial charge in [-0.05, 0) is 18.8 Å². The summed E-state index contributed by atoms with van der Waals surface area (Å²) in [4.78, 5) is 28.3. The summed E-state index contributed by atoms with van der Waals surface area (Å²) in [5.74, 6) is -0.525. The van der Waals surface area contributed by atoms with Gasteiger partial charge >= 0.3 is 5.97 Å². The number of hydrogen-bond donors (Lipinski definition) is 1. The number of amides is 1. The summed E-state index contributed by atoms with van der Waals surface area (Å²) in [7, 11) is 0. The molecule has 22 heavy (non-hydrogen) atoms. The van der Waals surface area contributed by atoms with E-state index in [-0.39, 0.29) is 11.8 Å². The maximum absolute atomic E-state index is 12.5. The van der Waals surface area contributed by atoms with Crippen LogP contribution >= 0.6 is 0 Å². The van der Waals surface area contributed by atoms with Crippen LogP contribution in [-0.2, 0) is 9.59 Å². The molecule has 1 amide bonds. The number of nitrogens with zero attached hydrogens (tertiary/aromatic N) is 2. The van der Waals surface area contributed by atoms with Gasteiger partial charge in [0.05, 0.1) is 5.92 Å². The summed E-state index contributed by atoms with van der Waals surface area (Å²) in [6.07, 6.45) is 8.08. The molecule has 0 spiro atoms. The molecule has 122 valence electrons. The highest BCUT2D eigenvalue weighted by molar-refractivity contribution is 5.92. The van der Waals surface area contributed by atoms with E-state index in [2.05, 4.69) is 11.5 Å². The molecule has 5 heteroatoms. The number of aliphatic carboxylic acids is 1. The monoisotopic (exact) mass is 306 g/mol. The zero-order valence-corrected chi connectivity index (χ0v) is 13.2. The van der Waals surface area contributed by atoms with Crippen molar-refractivity contribution in [2.75, 3.05) is 32.7 Å². The Hall–Kier alpha value is -1.36. The van der Waals surface area contributed by atoms with Crippen LogP contribution < -0.4 is 0 Å². The number of likely N-dealkylation sites (tertiary alicyclic amines) is 2. The predicted molar refractivity (Wildman–Crippen MR) is 83.4 cm³/mol. The lowest BCUT2D eigenvalue weighted by Gasteiger charge is -2.29. The molecule has 0 aromatic heterocycles. The highest BCUT2D eigenvalue weighted by Crippen LogP contribution is 2.44. The number of rotatable bonds is 5. The molecule has 1 saturated carbocycles. The lowest BCUT2D eigenvalue weighted by atomic mass is 9.81. The van der Waals surface area contributed by atoms with Crippen molar-refractivity contribution in [3.63, 3.8) is 0 Å². The summed E-state index contributed by atoms with van der Waals surface area (Å²) in [5.41, 5.74) is -0.908. The van der Waals surface area contributed by atoms with Gasteiger partial charge in [0.2, 0.25) is 5.91 Å². The number of carboxylic acids is 1. The van der Waals surface area contributed by atoms with Crippen LogP contribution in [0.15, 0.2) is 12.7 Å². The fraction of sp³-hybridized carbons (Fsp3) is 0.765. The van der Waals surface area contributed by atoms with Crippen LogP contribution in [0.4, 0.5) is 0 Å². The van der Waals surface area contributed by atoms with Crippen molar-refractivity contribution in [3.8, 4) is 0 Å². The van der Waals surface area contributed by atoms with Gasteiger partial charge in [0.25, 0.3) is 0 Å². The van der Waals surface area contributed by atoms with Gasteiger partial charge in [-0.1, -0.05) is 25.3 Å². The second kappa shape index (κ2) is 6.03. The smallest absolute Gasteiger partial charge is 0.313 e. The van der Waals surface area contributed by atoms with Crippen molar-refractivity contribution in [2.45, 2.75) is 32.1 Å². The summed E-state index contributed by atoms with van der Waals surface area (Å²) >= 11 is 0. The van der Waals surface area contributed by atoms with Gasteiger partial charge in [-0.3, -0.25) is 9.59 Å². The summed E-state index contributed by atoms with van der Waals surface area (Å²) in [6, 6.07) is 0. The fourth-order valence-corrected chi connectivity index (χ4v) is 4.59. The molecule has 0 unspecified atom stereocenters. The SMILES string of the molecule is C=CCN1C[C@@]2(C(=O)O)CN(CC3CCCCC3)C[C@H]2C1=O. The van der Waals surface area contributed by atoms with Crippen LogP contribution in [-0.4, -0.2) is 59.5 Å². The Kier molecular flexibility index (Phi) is 4.26. The third kappa shape index (κ3) is 2.56. The van der Waals surface area contributed by atoms with Gasteiger partial charge in [0, 0.05) is 32.7 Å². The van der Waals surface area contributed by atoms with Crippen LogP contribution in [0.5, 0.6) is 0 Å². The Morgan fingerprint density at radius 1 is 1.32 bits per heavy atom. The molecule has 3 fully saturated rings. The average Bonchev–Trinajstić information content (AvgIpc) is 2.97. The van der Waals surface area contributed by atoms with Gasteiger partial charge in [0.1, 0.15) is 5.41 Å². The molecule has 2 saturated heterocycles. The van der Waals surface area contributed by atoms with Gasteiger partial charge in [0.15, 0.2) is 0 Å². The van der Waals surface area contributed by atoms with Gasteiger partial charge in [-0.15, -0.1) is 6.58 Å². The number of fused-ring (bicyclic) bond motifs is 1. The predicted octanol–water partition coefficient (Wildman–Crippen LogP) is 1.60. The topological polar surface area (TPSA) is 60.9 Å². The third-order valence-electron chi connectivity index (χ3n) is 5.71. The van der Waals surface area contributed by atoms with Crippen molar-refractivity contribution in [2.24, 2.45) is 17.3 Å². The maximum atomic E-state index is 12.5. The molecule has 0 aromatic carbocycles. The van der Waals surface area contributed by atoms with E-state index in [1.165, 1.54) is 32.1 Å². The van der Waals surface area contributed by atoms with Crippen LogP contribution in [0.1, 0.15) is 32.1 Å². The molecular weight excluding hydrogens is 280 g/mol. The van der Waals surface area contributed by atoms with Crippen LogP contribution in [0.25, 0.3) is 0 Å². The van der Waals surface area contributed by atoms with E-state index in [0.29, 0.717) is 32.1 Å². The van der Waals surface area contributed by atoms with E-state index in [0.717, 1.165) is 6.54 Å². The molecule has 0 bridgehead atoms. The lowest BCUT2D eigenvalue weighted by molar-refractivity contribution is -0.149. The summed E-state index contributed by atoms with van der Waals surface area (Å²) in [5, 5.41) is 9.77. The van der Waals surface area contributed by atoms with Crippen LogP contribution in [0, 0.1) is 17.3 Å². The first-order chi connectivity index (χ1) is 10.6. The van der Waals surface area contributed by atoms with E-state index in [1.807, 2.05) is 0 Å². The first-order valence-electron chi connectivity index (χ1n) is 8.42. The number of carboxylic acid groups (broad SMARTS) is 1. The van der Waals surface area contributed by atoms with Gasteiger partial charge < -0.3 is 14.9 Å². The molecule has 1 N–H and O–H groups in total. The minimum atomic E-state index is -0.908. The molecule has 0 radical (unpaired) electrons. The molecule has 0 aromatic rings. The number of carbonyl (C=O) groups excluding carboxylic acids is 1. The van der Waals surface area contributed by atoms with E-state index < -0.39 is 11.4 Å². The van der Waals surface area contributed by atoms with Crippen molar-refractivity contribution in [3.05, 3.63) is 12.7 Å². The van der Waals surface area contributed by atoms with E-state index in [9.17, 15) is 14.7 Å². The standard InChI is InChI=1S/C17H26N2O3/c1-2-8-19-12-17(16(21)22)11-18(10-14(17)15(19)20)9-13-6-4-3-5-7-13/h2,13-14H,1,3-12H2,(H,21,22)/t14-,17-/m0/s1. The summed E-state index contributed by atoms with van der Waals surface area (Å²) in [6.45, 7) is 6.53. The number of hydrogen-bond acceptors (Lipinski definition) is 3. The van der Waals surface area contributed by atoms with Gasteiger partial charge in [-0.2, -0.15) is 0 Å². The second-order valence-electron chi connectivity index (χ2n) is 7.22. The van der Waals surface area contributed by atoms with Crippen LogP contribution in [0.2, 0.25) is 0 Å². The Labute approximate surface area is 132 Å². The normalized spacial score (nSPS) is 33.2. The Morgan fingerprint density at radius 3 is 2.64 bits per heavy atom. The molecule has 3 rings (SSSR count). The van der Waals surface area contributed by atoms with Crippen molar-refractivity contribution in [1.29, 1.82) is 0 Å². The summed E-state index contributed by atoms with van der Waals surface area (Å²) < 4.78 is 0. The molecule has 3 aliphatic rings. The molecular formula is C17H26N2O3. The third-order valence-corrected chi connectivity index (χ3v) is 5.71. The molecule has 2 aliphatic heterocycles. The van der Waals surface area contributed by atoms with Crippen molar-refractivity contribution in [1.82, 2.24) is 9.80 Å². The zero-order chi connectivity index (χ0) is 15.7. The highest BCUT2D eigenvalue weighted by atomic mass is 16.4. The van der Waals surface area contributed by atoms with Gasteiger partial charge in [-0.25, -0.2) is 0 Å². The molecule has 5 nitrogen and oxygen atoms in total. The quantitative estimate of drug-likeness (QED) is 0.784. The van der Waals surface area contributed by atoms with E-state index >= 15 is 0 Å². The molecule has 2 atom stereocenters. The van der Waals surface area contributed by atoms with Crippen LogP contribution in [0.3, 0.4) is 0 Å². The average molecular weight is 306 g/mol. The largest absolute Gasteiger partial charge is 0.481 e. The number of carbonyl (C=O) groups is 2. The van der Waals surface area contributed by atoms with E-state index in [1.54, 1.807) is 11.0 Å². The maximum Gasteiger partial charge on any atom is 0.313 e. The van der Waals surface area contributed by atoms with Crippen molar-refractivity contribution >= 4 is 11.9 Å². The highest BCUT2D eigenvalue weighted by Gasteiger charge is 2.61. The molecule has 2 heterocycles. The lowest BCUT2D eigenvalue weighted by Crippen LogP contribution is -2.41. The van der Waals surface area contributed by atoms with Crippen molar-refractivity contribution < 1.29 is 14.7 Å². The Bertz CT molecular complexity index is 473. The molecule has 1 aliphatic carbocycles. The zero-order valence-electron chi connectivity index (χ0n) is 13.2. The first kappa shape index (κ1) is 15.5. The first-order valence-corrected chi connectivity index (χ1v) is 8.42.